The number of phenols is 1. The number of halogens is 1. The standard InChI is InChI=1S/C42H51ClN4O9/c1-47(29-14-12-28(13-15-29)42(53,27-8-4-3-5-9-27)40(51)56-30-10-6-7-11-30)20-21-55-41(52)45-34-23-37(54-2)26(22-33(34)43)24-44-25-36(49)31-16-18-35(48)39-32(31)17-19-38(50)46-39/h3-5,8-9,16-19,22-23,28-30,36,44,48-49,53H,6-7,10-15,20-21,24-25H2,1-2H3,(H,45,52)(H,46,50)/t28-,29-,36-,42-/m0/s1. The molecule has 1 aromatic heterocycles. The van der Waals surface area contributed by atoms with E-state index >= 15 is 0 Å². The van der Waals surface area contributed by atoms with Gasteiger partial charge in [0.1, 0.15) is 24.2 Å². The van der Waals surface area contributed by atoms with Crippen molar-refractivity contribution in [2.45, 2.75) is 81.8 Å². The molecule has 1 amide bonds. The van der Waals surface area contributed by atoms with Gasteiger partial charge in [-0.15, -0.1) is 0 Å². The normalized spacial score (nSPS) is 19.0. The number of carbonyl (C=O) groups excluding carboxylic acids is 2. The predicted molar refractivity (Wildman–Crippen MR) is 213 cm³/mol. The number of hydrogen-bond donors (Lipinski definition) is 6. The van der Waals surface area contributed by atoms with Gasteiger partial charge < -0.3 is 44.7 Å². The van der Waals surface area contributed by atoms with E-state index in [0.29, 0.717) is 52.9 Å². The van der Waals surface area contributed by atoms with E-state index in [1.165, 1.54) is 19.2 Å². The fourth-order valence-corrected chi connectivity index (χ4v) is 8.26. The summed E-state index contributed by atoms with van der Waals surface area (Å²) in [6, 6.07) is 18.5. The number of rotatable bonds is 15. The number of phenolic OH excluding ortho intramolecular Hbond substituents is 1. The highest BCUT2D eigenvalue weighted by atomic mass is 35.5. The number of H-pyrrole nitrogens is 1. The number of aliphatic hydroxyl groups excluding tert-OH is 1. The summed E-state index contributed by atoms with van der Waals surface area (Å²) in [5.41, 5.74) is 0.292. The molecule has 6 rings (SSSR count). The summed E-state index contributed by atoms with van der Waals surface area (Å²) >= 11 is 6.55. The van der Waals surface area contributed by atoms with Crippen molar-refractivity contribution < 1.29 is 39.1 Å². The van der Waals surface area contributed by atoms with Crippen LogP contribution in [0.5, 0.6) is 11.5 Å². The number of aliphatic hydroxyl groups is 2. The molecule has 13 nitrogen and oxygen atoms in total. The first kappa shape index (κ1) is 41.0. The second-order valence-electron chi connectivity index (χ2n) is 14.8. The minimum absolute atomic E-state index is 0.0881. The highest BCUT2D eigenvalue weighted by Crippen LogP contribution is 2.42. The Morgan fingerprint density at radius 1 is 1.02 bits per heavy atom. The van der Waals surface area contributed by atoms with Crippen molar-refractivity contribution in [2.75, 3.05) is 39.2 Å². The van der Waals surface area contributed by atoms with Crippen LogP contribution in [0.1, 0.15) is 74.2 Å². The Bertz CT molecular complexity index is 2030. The number of pyridine rings is 1. The summed E-state index contributed by atoms with van der Waals surface area (Å²) in [4.78, 5) is 42.8. The Balaban J connectivity index is 0.968. The van der Waals surface area contributed by atoms with Crippen molar-refractivity contribution in [3.05, 3.63) is 98.8 Å². The number of esters is 1. The molecule has 0 unspecified atom stereocenters. The maximum atomic E-state index is 13.5. The highest BCUT2D eigenvalue weighted by Gasteiger charge is 2.49. The molecule has 3 aromatic carbocycles. The lowest BCUT2D eigenvalue weighted by Gasteiger charge is -2.41. The summed E-state index contributed by atoms with van der Waals surface area (Å²) in [6.45, 7) is 1.05. The third kappa shape index (κ3) is 9.47. The average molecular weight is 791 g/mol. The van der Waals surface area contributed by atoms with Crippen molar-refractivity contribution in [3.63, 3.8) is 0 Å². The topological polar surface area (TPSA) is 183 Å². The van der Waals surface area contributed by atoms with Crippen LogP contribution in [0, 0.1) is 5.92 Å². The second kappa shape index (κ2) is 18.5. The zero-order valence-corrected chi connectivity index (χ0v) is 32.5. The summed E-state index contributed by atoms with van der Waals surface area (Å²) in [7, 11) is 3.48. The molecular weight excluding hydrogens is 740 g/mol. The van der Waals surface area contributed by atoms with E-state index in [1.807, 2.05) is 25.2 Å². The largest absolute Gasteiger partial charge is 0.506 e. The van der Waals surface area contributed by atoms with Gasteiger partial charge in [0.25, 0.3) is 0 Å². The smallest absolute Gasteiger partial charge is 0.411 e. The molecular formula is C42H51ClN4O9. The van der Waals surface area contributed by atoms with E-state index in [-0.39, 0.29) is 59.6 Å². The zero-order chi connectivity index (χ0) is 39.8. The van der Waals surface area contributed by atoms with Crippen molar-refractivity contribution in [1.82, 2.24) is 15.2 Å². The predicted octanol–water partition coefficient (Wildman–Crippen LogP) is 6.13. The van der Waals surface area contributed by atoms with E-state index in [9.17, 15) is 29.7 Å². The third-order valence-electron chi connectivity index (χ3n) is 11.2. The number of fused-ring (bicyclic) bond motifs is 1. The van der Waals surface area contributed by atoms with Crippen molar-refractivity contribution in [2.24, 2.45) is 5.92 Å². The van der Waals surface area contributed by atoms with Crippen LogP contribution in [0.25, 0.3) is 10.9 Å². The molecule has 1 heterocycles. The number of aromatic hydroxyl groups is 1. The van der Waals surface area contributed by atoms with Crippen LogP contribution in [0.15, 0.2) is 71.5 Å². The van der Waals surface area contributed by atoms with Crippen LogP contribution < -0.4 is 20.9 Å². The van der Waals surface area contributed by atoms with Gasteiger partial charge in [0.2, 0.25) is 5.56 Å². The molecule has 2 atom stereocenters. The van der Waals surface area contributed by atoms with E-state index in [0.717, 1.165) is 38.5 Å². The van der Waals surface area contributed by atoms with E-state index in [2.05, 4.69) is 20.5 Å². The molecule has 0 radical (unpaired) electrons. The lowest BCUT2D eigenvalue weighted by molar-refractivity contribution is -0.181. The van der Waals surface area contributed by atoms with Crippen LogP contribution in [0.4, 0.5) is 10.5 Å². The molecule has 2 saturated carbocycles. The van der Waals surface area contributed by atoms with Gasteiger partial charge in [-0.1, -0.05) is 48.0 Å². The molecule has 4 aromatic rings. The first-order chi connectivity index (χ1) is 27.0. The number of likely N-dealkylation sites (N-methyl/N-ethyl adjacent to an activating group) is 1. The number of aromatic nitrogens is 1. The van der Waals surface area contributed by atoms with Crippen molar-refractivity contribution in [1.29, 1.82) is 0 Å². The maximum Gasteiger partial charge on any atom is 0.411 e. The van der Waals surface area contributed by atoms with E-state index < -0.39 is 23.8 Å². The fourth-order valence-electron chi connectivity index (χ4n) is 8.03. The molecule has 0 saturated heterocycles. The highest BCUT2D eigenvalue weighted by molar-refractivity contribution is 6.33. The van der Waals surface area contributed by atoms with Crippen LogP contribution in [-0.4, -0.2) is 83.3 Å². The number of nitrogens with one attached hydrogen (secondary N) is 3. The van der Waals surface area contributed by atoms with E-state index in [1.54, 1.807) is 36.4 Å². The lowest BCUT2D eigenvalue weighted by atomic mass is 9.72. The van der Waals surface area contributed by atoms with Crippen LogP contribution in [0.3, 0.4) is 0 Å². The van der Waals surface area contributed by atoms with Crippen LogP contribution in [-0.2, 0) is 26.4 Å². The number of benzene rings is 3. The molecule has 6 N–H and O–H groups in total. The molecule has 56 heavy (non-hydrogen) atoms. The third-order valence-corrected chi connectivity index (χ3v) is 11.5. The number of anilines is 1. The molecule has 2 fully saturated rings. The van der Waals surface area contributed by atoms with Gasteiger partial charge in [-0.05, 0) is 87.7 Å². The molecule has 0 aliphatic heterocycles. The zero-order valence-electron chi connectivity index (χ0n) is 31.8. The molecule has 14 heteroatoms. The first-order valence-corrected chi connectivity index (χ1v) is 19.6. The Morgan fingerprint density at radius 2 is 1.75 bits per heavy atom. The van der Waals surface area contributed by atoms with Gasteiger partial charge in [0.15, 0.2) is 5.60 Å². The van der Waals surface area contributed by atoms with Gasteiger partial charge >= 0.3 is 12.1 Å². The Hall–Kier alpha value is -4.66. The minimum atomic E-state index is -1.70. The van der Waals surface area contributed by atoms with Crippen molar-refractivity contribution in [3.8, 4) is 11.5 Å². The number of nitrogens with zero attached hydrogens (tertiary/aromatic N) is 1. The molecule has 0 spiro atoms. The Kier molecular flexibility index (Phi) is 13.6. The monoisotopic (exact) mass is 790 g/mol. The number of aromatic amines is 1. The summed E-state index contributed by atoms with van der Waals surface area (Å²) in [6.07, 6.45) is 4.80. The Labute approximate surface area is 330 Å². The fraction of sp³-hybridized carbons (Fsp3) is 0.452. The number of carbonyl (C=O) groups is 2. The molecule has 2 aliphatic carbocycles. The number of amides is 1. The summed E-state index contributed by atoms with van der Waals surface area (Å²) in [5.74, 6) is -0.454. The summed E-state index contributed by atoms with van der Waals surface area (Å²) in [5, 5.41) is 39.7. The van der Waals surface area contributed by atoms with Crippen LogP contribution in [0.2, 0.25) is 5.02 Å². The van der Waals surface area contributed by atoms with Crippen molar-refractivity contribution >= 4 is 40.3 Å². The quantitative estimate of drug-likeness (QED) is 0.0762. The molecule has 2 aliphatic rings. The van der Waals surface area contributed by atoms with Gasteiger partial charge in [-0.25, -0.2) is 9.59 Å². The first-order valence-electron chi connectivity index (χ1n) is 19.2. The lowest BCUT2D eigenvalue weighted by Crippen LogP contribution is -2.48. The van der Waals surface area contributed by atoms with E-state index in [4.69, 9.17) is 25.8 Å². The maximum absolute atomic E-state index is 13.5. The second-order valence-corrected chi connectivity index (χ2v) is 15.2. The van der Waals surface area contributed by atoms with Gasteiger partial charge in [-0.2, -0.15) is 0 Å². The molecule has 300 valence electrons. The SMILES string of the molecule is COc1cc(NC(=O)OCCN(C)[C@H]2CC[C@H]([C@](O)(C(=O)OC3CCCC3)c3ccccc3)CC2)c(Cl)cc1CNC[C@H](O)c1ccc(O)c2[nH]c(=O)ccc12. The number of methoxy groups -OCH3 is 1. The molecule has 0 bridgehead atoms. The summed E-state index contributed by atoms with van der Waals surface area (Å²) < 4.78 is 16.9. The van der Waals surface area contributed by atoms with Gasteiger partial charge in [0, 0.05) is 54.7 Å². The average Bonchev–Trinajstić information content (AvgIpc) is 3.72. The Morgan fingerprint density at radius 3 is 2.46 bits per heavy atom. The van der Waals surface area contributed by atoms with Gasteiger partial charge in [-0.3, -0.25) is 10.1 Å². The number of ether oxygens (including phenoxy) is 3. The van der Waals surface area contributed by atoms with Crippen LogP contribution >= 0.6 is 11.6 Å². The minimum Gasteiger partial charge on any atom is -0.506 e. The van der Waals surface area contributed by atoms with Gasteiger partial charge in [0.05, 0.1) is 29.4 Å². The number of hydrogen-bond acceptors (Lipinski definition) is 11.